The summed E-state index contributed by atoms with van der Waals surface area (Å²) in [5.41, 5.74) is 0.866. The molecule has 126 valence electrons. The molecule has 2 N–H and O–H groups in total. The van der Waals surface area contributed by atoms with Gasteiger partial charge >= 0.3 is 5.97 Å². The molecule has 3 rings (SSSR count). The van der Waals surface area contributed by atoms with Crippen LogP contribution >= 0.6 is 0 Å². The summed E-state index contributed by atoms with van der Waals surface area (Å²) in [5.74, 6) is -0.102. The molecule has 6 heteroatoms. The van der Waals surface area contributed by atoms with Crippen LogP contribution in [0.15, 0.2) is 12.2 Å². The van der Waals surface area contributed by atoms with Crippen molar-refractivity contribution in [2.45, 2.75) is 64.4 Å². The lowest BCUT2D eigenvalue weighted by molar-refractivity contribution is -0.154. The van der Waals surface area contributed by atoms with E-state index in [1.54, 1.807) is 0 Å². The first kappa shape index (κ1) is 15.9. The zero-order chi connectivity index (χ0) is 16.8. The van der Waals surface area contributed by atoms with Crippen LogP contribution in [0.25, 0.3) is 0 Å². The third-order valence-electron chi connectivity index (χ3n) is 4.04. The Hall–Kier alpha value is -1.95. The van der Waals surface area contributed by atoms with Gasteiger partial charge in [-0.2, -0.15) is 0 Å². The summed E-state index contributed by atoms with van der Waals surface area (Å²) in [6.45, 7) is 5.97. The molecular weight excluding hydrogens is 298 g/mol. The van der Waals surface area contributed by atoms with Gasteiger partial charge in [0.05, 0.1) is 11.1 Å². The maximum absolute atomic E-state index is 11.7. The van der Waals surface area contributed by atoms with E-state index in [2.05, 4.69) is 0 Å². The van der Waals surface area contributed by atoms with E-state index in [1.807, 2.05) is 32.9 Å². The largest absolute Gasteiger partial charge is 0.494 e. The van der Waals surface area contributed by atoms with Crippen molar-refractivity contribution in [3.63, 3.8) is 0 Å². The number of aromatic nitrogens is 1. The van der Waals surface area contributed by atoms with E-state index in [9.17, 15) is 15.0 Å². The average Bonchev–Trinajstić information content (AvgIpc) is 3.09. The molecule has 0 amide bonds. The molecule has 3 heterocycles. The number of carbonyl (C=O) groups is 1. The first-order valence-corrected chi connectivity index (χ1v) is 7.98. The van der Waals surface area contributed by atoms with E-state index in [0.29, 0.717) is 36.9 Å². The number of rotatable bonds is 5. The highest BCUT2D eigenvalue weighted by Crippen LogP contribution is 2.54. The standard InChI is InChI=1S/C17H23NO5/c1-17(2,3)23-12(19)6-4-5-9-18-15(20)13-10-7-8-11(22-10)14(13)16(18)21/h7-8,10-11,20-21H,4-6,9H2,1-3H3. The van der Waals surface area contributed by atoms with Crippen LogP contribution in [0.1, 0.15) is 63.4 Å². The number of hydrogen-bond acceptors (Lipinski definition) is 5. The summed E-state index contributed by atoms with van der Waals surface area (Å²) in [6.07, 6.45) is 4.89. The fraction of sp³-hybridized carbons (Fsp3) is 0.588. The first-order chi connectivity index (χ1) is 10.8. The van der Waals surface area contributed by atoms with E-state index >= 15 is 0 Å². The van der Waals surface area contributed by atoms with E-state index in [1.165, 1.54) is 4.57 Å². The monoisotopic (exact) mass is 321 g/mol. The summed E-state index contributed by atoms with van der Waals surface area (Å²) < 4.78 is 12.3. The van der Waals surface area contributed by atoms with Crippen molar-refractivity contribution < 1.29 is 24.5 Å². The zero-order valence-corrected chi connectivity index (χ0v) is 13.7. The molecule has 0 aliphatic carbocycles. The zero-order valence-electron chi connectivity index (χ0n) is 13.7. The predicted octanol–water partition coefficient (Wildman–Crippen LogP) is 3.09. The minimum Gasteiger partial charge on any atom is -0.494 e. The van der Waals surface area contributed by atoms with Gasteiger partial charge in [0.15, 0.2) is 0 Å². The van der Waals surface area contributed by atoms with Gasteiger partial charge in [-0.15, -0.1) is 0 Å². The first-order valence-electron chi connectivity index (χ1n) is 7.98. The van der Waals surface area contributed by atoms with Crippen molar-refractivity contribution >= 4 is 5.97 Å². The lowest BCUT2D eigenvalue weighted by Gasteiger charge is -2.19. The number of ether oxygens (including phenoxy) is 2. The van der Waals surface area contributed by atoms with Crippen molar-refractivity contribution in [2.75, 3.05) is 0 Å². The second-order valence-corrected chi connectivity index (χ2v) is 7.03. The molecule has 0 fully saturated rings. The van der Waals surface area contributed by atoms with Gasteiger partial charge in [-0.25, -0.2) is 0 Å². The summed E-state index contributed by atoms with van der Waals surface area (Å²) in [7, 11) is 0. The minimum atomic E-state index is -0.471. The van der Waals surface area contributed by atoms with Crippen molar-refractivity contribution in [3.8, 4) is 11.8 Å². The Balaban J connectivity index is 1.56. The highest BCUT2D eigenvalue weighted by atomic mass is 16.6. The number of fused-ring (bicyclic) bond motifs is 5. The Kier molecular flexibility index (Phi) is 3.88. The Morgan fingerprint density at radius 2 is 1.74 bits per heavy atom. The Bertz CT molecular complexity index is 617. The molecule has 2 bridgehead atoms. The summed E-state index contributed by atoms with van der Waals surface area (Å²) in [4.78, 5) is 11.7. The SMILES string of the molecule is CC(C)(C)OC(=O)CCCCn1c(O)c2c(c1O)C1C=CC2O1. The van der Waals surface area contributed by atoms with Crippen molar-refractivity contribution in [3.05, 3.63) is 23.3 Å². The summed E-state index contributed by atoms with van der Waals surface area (Å²) in [5, 5.41) is 20.6. The Morgan fingerprint density at radius 3 is 2.26 bits per heavy atom. The van der Waals surface area contributed by atoms with Crippen molar-refractivity contribution in [2.24, 2.45) is 0 Å². The van der Waals surface area contributed by atoms with Gasteiger partial charge in [0.1, 0.15) is 17.8 Å². The molecule has 23 heavy (non-hydrogen) atoms. The molecule has 2 aliphatic heterocycles. The molecule has 0 spiro atoms. The summed E-state index contributed by atoms with van der Waals surface area (Å²) in [6, 6.07) is 0. The van der Waals surface area contributed by atoms with Gasteiger partial charge < -0.3 is 19.7 Å². The fourth-order valence-electron chi connectivity index (χ4n) is 3.12. The van der Waals surface area contributed by atoms with Crippen LogP contribution in [0.3, 0.4) is 0 Å². The lowest BCUT2D eigenvalue weighted by atomic mass is 10.0. The Morgan fingerprint density at radius 1 is 1.17 bits per heavy atom. The smallest absolute Gasteiger partial charge is 0.306 e. The number of aromatic hydroxyl groups is 2. The highest BCUT2D eigenvalue weighted by Gasteiger charge is 2.41. The van der Waals surface area contributed by atoms with Crippen molar-refractivity contribution in [1.29, 1.82) is 0 Å². The van der Waals surface area contributed by atoms with Gasteiger partial charge in [-0.3, -0.25) is 9.36 Å². The van der Waals surface area contributed by atoms with E-state index in [4.69, 9.17) is 9.47 Å². The number of esters is 1. The number of hydrogen-bond donors (Lipinski definition) is 2. The molecule has 1 aromatic heterocycles. The van der Waals surface area contributed by atoms with E-state index < -0.39 is 5.60 Å². The molecule has 0 saturated heterocycles. The quantitative estimate of drug-likeness (QED) is 0.495. The van der Waals surface area contributed by atoms with Gasteiger partial charge in [-0.05, 0) is 33.6 Å². The van der Waals surface area contributed by atoms with Gasteiger partial charge in [-0.1, -0.05) is 12.2 Å². The number of unbranched alkanes of at least 4 members (excludes halogenated alkanes) is 1. The third kappa shape index (κ3) is 2.95. The van der Waals surface area contributed by atoms with Crippen LogP contribution in [0.4, 0.5) is 0 Å². The molecule has 6 nitrogen and oxygen atoms in total. The van der Waals surface area contributed by atoms with Gasteiger partial charge in [0.25, 0.3) is 0 Å². The normalized spacial score (nSPS) is 21.7. The second-order valence-electron chi connectivity index (χ2n) is 7.03. The van der Waals surface area contributed by atoms with Crippen molar-refractivity contribution in [1.82, 2.24) is 4.57 Å². The fourth-order valence-corrected chi connectivity index (χ4v) is 3.12. The average molecular weight is 321 g/mol. The molecule has 0 radical (unpaired) electrons. The highest BCUT2D eigenvalue weighted by molar-refractivity contribution is 5.69. The van der Waals surface area contributed by atoms with Crippen LogP contribution in [-0.2, 0) is 20.8 Å². The molecule has 2 aliphatic rings. The summed E-state index contributed by atoms with van der Waals surface area (Å²) >= 11 is 0. The molecule has 0 aromatic carbocycles. The van der Waals surface area contributed by atoms with Crippen LogP contribution < -0.4 is 0 Å². The van der Waals surface area contributed by atoms with Crippen LogP contribution in [-0.4, -0.2) is 26.4 Å². The lowest BCUT2D eigenvalue weighted by Crippen LogP contribution is -2.23. The molecular formula is C17H23NO5. The maximum Gasteiger partial charge on any atom is 0.306 e. The topological polar surface area (TPSA) is 80.9 Å². The number of nitrogens with zero attached hydrogens (tertiary/aromatic N) is 1. The molecule has 1 aromatic rings. The van der Waals surface area contributed by atoms with Crippen LogP contribution in [0.2, 0.25) is 0 Å². The predicted molar refractivity (Wildman–Crippen MR) is 83.2 cm³/mol. The minimum absolute atomic E-state index is 0.0617. The number of carbonyl (C=O) groups excluding carboxylic acids is 1. The molecule has 2 atom stereocenters. The third-order valence-corrected chi connectivity index (χ3v) is 4.04. The second kappa shape index (κ2) is 5.60. The van der Waals surface area contributed by atoms with Crippen LogP contribution in [0, 0.1) is 0 Å². The van der Waals surface area contributed by atoms with Gasteiger partial charge in [0.2, 0.25) is 11.8 Å². The van der Waals surface area contributed by atoms with Gasteiger partial charge in [0, 0.05) is 13.0 Å². The molecule has 0 saturated carbocycles. The van der Waals surface area contributed by atoms with E-state index in [-0.39, 0.29) is 29.9 Å². The Labute approximate surface area is 135 Å². The van der Waals surface area contributed by atoms with E-state index in [0.717, 1.165) is 0 Å². The van der Waals surface area contributed by atoms with Crippen LogP contribution in [0.5, 0.6) is 11.8 Å². The maximum atomic E-state index is 11.7. The molecule has 2 unspecified atom stereocenters.